The highest BCUT2D eigenvalue weighted by molar-refractivity contribution is 7.15. The molecular weight excluding hydrogens is 434 g/mol. The minimum Gasteiger partial charge on any atom is -0.494 e. The quantitative estimate of drug-likeness (QED) is 0.289. The van der Waals surface area contributed by atoms with E-state index >= 15 is 0 Å². The van der Waals surface area contributed by atoms with Crippen LogP contribution in [0.4, 0.5) is 0 Å². The minimum absolute atomic E-state index is 0.160. The van der Waals surface area contributed by atoms with Gasteiger partial charge in [-0.3, -0.25) is 4.79 Å². The van der Waals surface area contributed by atoms with Crippen LogP contribution >= 0.6 is 11.3 Å². The van der Waals surface area contributed by atoms with Gasteiger partial charge in [0.05, 0.1) is 17.7 Å². The number of fused-ring (bicyclic) bond motifs is 1. The average molecular weight is 464 g/mol. The molecule has 172 valence electrons. The second-order valence-corrected chi connectivity index (χ2v) is 8.91. The summed E-state index contributed by atoms with van der Waals surface area (Å²) in [5.74, 6) is 2.21. The molecule has 6 nitrogen and oxygen atoms in total. The predicted octanol–water partition coefficient (Wildman–Crippen LogP) is 5.11. The molecule has 0 atom stereocenters. The number of aromatic nitrogens is 3. The smallest absolute Gasteiger partial charge is 0.291 e. The van der Waals surface area contributed by atoms with E-state index < -0.39 is 0 Å². The van der Waals surface area contributed by atoms with Crippen molar-refractivity contribution in [2.24, 2.45) is 0 Å². The largest absolute Gasteiger partial charge is 0.494 e. The highest BCUT2D eigenvalue weighted by Gasteiger charge is 2.12. The lowest BCUT2D eigenvalue weighted by molar-refractivity contribution is 0.305. The number of unbranched alkanes of at least 4 members (excludes halogenated alkanes) is 3. The normalized spacial score (nSPS) is 11.9. The summed E-state index contributed by atoms with van der Waals surface area (Å²) >= 11 is 1.34. The zero-order chi connectivity index (χ0) is 23.0. The molecule has 2 aromatic heterocycles. The predicted molar refractivity (Wildman–Crippen MR) is 133 cm³/mol. The summed E-state index contributed by atoms with van der Waals surface area (Å²) in [5.41, 5.74) is 1.63. The number of ether oxygens (including phenoxy) is 2. The molecule has 0 saturated carbocycles. The van der Waals surface area contributed by atoms with E-state index in [0.29, 0.717) is 21.9 Å². The third-order valence-electron chi connectivity index (χ3n) is 5.21. The summed E-state index contributed by atoms with van der Waals surface area (Å²) < 4.78 is 13.4. The van der Waals surface area contributed by atoms with Crippen LogP contribution in [0.1, 0.15) is 51.5 Å². The van der Waals surface area contributed by atoms with E-state index in [-0.39, 0.29) is 5.56 Å². The van der Waals surface area contributed by atoms with Gasteiger partial charge in [0.15, 0.2) is 5.82 Å². The van der Waals surface area contributed by atoms with E-state index in [4.69, 9.17) is 9.47 Å². The summed E-state index contributed by atoms with van der Waals surface area (Å²) in [6, 6.07) is 15.4. The first-order valence-electron chi connectivity index (χ1n) is 11.6. The van der Waals surface area contributed by atoms with Crippen LogP contribution in [0.25, 0.3) is 22.4 Å². The van der Waals surface area contributed by atoms with Crippen molar-refractivity contribution in [3.63, 3.8) is 0 Å². The monoisotopic (exact) mass is 463 g/mol. The van der Waals surface area contributed by atoms with E-state index in [2.05, 4.69) is 23.9 Å². The van der Waals surface area contributed by atoms with E-state index in [0.717, 1.165) is 42.1 Å². The van der Waals surface area contributed by atoms with Crippen LogP contribution in [0.3, 0.4) is 0 Å². The number of thiazole rings is 1. The van der Waals surface area contributed by atoms with Crippen LogP contribution in [0.2, 0.25) is 0 Å². The zero-order valence-electron chi connectivity index (χ0n) is 19.1. The van der Waals surface area contributed by atoms with E-state index in [9.17, 15) is 4.79 Å². The number of hydrogen-bond acceptors (Lipinski definition) is 6. The first-order chi connectivity index (χ1) is 16.2. The van der Waals surface area contributed by atoms with Crippen LogP contribution in [0.15, 0.2) is 53.3 Å². The standard InChI is InChI=1S/C26H29N3O3S/c1-3-5-6-7-17-32-22-14-10-20(11-15-22)24-27-26-29(28-24)25(30)23(33-26)18-19-8-12-21(13-9-19)31-16-4-2/h8-15,18H,3-7,16-17H2,1-2H3/b23-18+. The van der Waals surface area contributed by atoms with Crippen molar-refractivity contribution >= 4 is 22.4 Å². The Morgan fingerprint density at radius 3 is 2.24 bits per heavy atom. The maximum atomic E-state index is 12.8. The molecule has 0 radical (unpaired) electrons. The second-order valence-electron chi connectivity index (χ2n) is 7.90. The average Bonchev–Trinajstić information content (AvgIpc) is 3.38. The van der Waals surface area contributed by atoms with Gasteiger partial charge in [-0.2, -0.15) is 9.50 Å². The maximum absolute atomic E-state index is 12.8. The molecule has 0 aliphatic rings. The van der Waals surface area contributed by atoms with Gasteiger partial charge in [0.25, 0.3) is 5.56 Å². The fraction of sp³-hybridized carbons (Fsp3) is 0.346. The number of rotatable bonds is 11. The number of hydrogen-bond donors (Lipinski definition) is 0. The topological polar surface area (TPSA) is 65.7 Å². The SMILES string of the molecule is CCCCCCOc1ccc(-c2nc3s/c(=C/c4ccc(OCCC)cc4)c(=O)n3n2)cc1. The van der Waals surface area contributed by atoms with E-state index in [1.807, 2.05) is 54.6 Å². The van der Waals surface area contributed by atoms with Gasteiger partial charge < -0.3 is 9.47 Å². The third-order valence-corrected chi connectivity index (χ3v) is 6.17. The Kier molecular flexibility index (Phi) is 7.73. The maximum Gasteiger partial charge on any atom is 0.291 e. The summed E-state index contributed by atoms with van der Waals surface area (Å²) in [5, 5.41) is 4.44. The highest BCUT2D eigenvalue weighted by Crippen LogP contribution is 2.21. The van der Waals surface area contributed by atoms with Gasteiger partial charge in [-0.15, -0.1) is 5.10 Å². The van der Waals surface area contributed by atoms with Gasteiger partial charge in [0, 0.05) is 5.56 Å². The molecule has 7 heteroatoms. The Morgan fingerprint density at radius 2 is 1.58 bits per heavy atom. The van der Waals surface area contributed by atoms with Gasteiger partial charge in [-0.25, -0.2) is 0 Å². The van der Waals surface area contributed by atoms with Crippen LogP contribution in [0, 0.1) is 0 Å². The molecular formula is C26H29N3O3S. The Balaban J connectivity index is 1.46. The van der Waals surface area contributed by atoms with Crippen LogP contribution in [-0.4, -0.2) is 27.8 Å². The van der Waals surface area contributed by atoms with Gasteiger partial charge in [0.2, 0.25) is 4.96 Å². The van der Waals surface area contributed by atoms with Crippen molar-refractivity contribution in [2.45, 2.75) is 46.0 Å². The van der Waals surface area contributed by atoms with E-state index in [1.54, 1.807) is 0 Å². The van der Waals surface area contributed by atoms with Crippen LogP contribution in [-0.2, 0) is 0 Å². The molecule has 0 spiro atoms. The van der Waals surface area contributed by atoms with Crippen LogP contribution < -0.4 is 19.6 Å². The molecule has 0 unspecified atom stereocenters. The van der Waals surface area contributed by atoms with Crippen LogP contribution in [0.5, 0.6) is 11.5 Å². The second kappa shape index (κ2) is 11.1. The van der Waals surface area contributed by atoms with Gasteiger partial charge >= 0.3 is 0 Å². The number of benzene rings is 2. The molecule has 0 aliphatic carbocycles. The van der Waals surface area contributed by atoms with Crippen molar-refractivity contribution in [2.75, 3.05) is 13.2 Å². The first-order valence-corrected chi connectivity index (χ1v) is 12.4. The minimum atomic E-state index is -0.160. The molecule has 0 amide bonds. The van der Waals surface area contributed by atoms with Gasteiger partial charge in [0.1, 0.15) is 11.5 Å². The molecule has 0 N–H and O–H groups in total. The third kappa shape index (κ3) is 5.79. The Hall–Kier alpha value is -3.19. The molecule has 0 saturated heterocycles. The summed E-state index contributed by atoms with van der Waals surface area (Å²) in [6.07, 6.45) is 7.55. The zero-order valence-corrected chi connectivity index (χ0v) is 19.9. The molecule has 4 rings (SSSR count). The summed E-state index contributed by atoms with van der Waals surface area (Å²) in [6.45, 7) is 5.69. The lowest BCUT2D eigenvalue weighted by Crippen LogP contribution is -2.23. The molecule has 2 aromatic carbocycles. The first kappa shape index (κ1) is 23.0. The molecule has 33 heavy (non-hydrogen) atoms. The summed E-state index contributed by atoms with van der Waals surface area (Å²) in [7, 11) is 0. The molecule has 0 aliphatic heterocycles. The summed E-state index contributed by atoms with van der Waals surface area (Å²) in [4.78, 5) is 18.0. The van der Waals surface area contributed by atoms with Crippen molar-refractivity contribution < 1.29 is 9.47 Å². The van der Waals surface area contributed by atoms with Crippen molar-refractivity contribution in [3.05, 3.63) is 69.0 Å². The highest BCUT2D eigenvalue weighted by atomic mass is 32.1. The fourth-order valence-corrected chi connectivity index (χ4v) is 4.31. The Bertz CT molecular complexity index is 1280. The fourth-order valence-electron chi connectivity index (χ4n) is 3.41. The van der Waals surface area contributed by atoms with Gasteiger partial charge in [-0.1, -0.05) is 56.6 Å². The molecule has 4 aromatic rings. The Labute approximate surface area is 197 Å². The van der Waals surface area contributed by atoms with Crippen molar-refractivity contribution in [1.29, 1.82) is 0 Å². The number of nitrogens with zero attached hydrogens (tertiary/aromatic N) is 3. The van der Waals surface area contributed by atoms with E-state index in [1.165, 1.54) is 35.1 Å². The van der Waals surface area contributed by atoms with Gasteiger partial charge in [-0.05, 0) is 60.9 Å². The Morgan fingerprint density at radius 1 is 0.879 bits per heavy atom. The lowest BCUT2D eigenvalue weighted by Gasteiger charge is -2.06. The van der Waals surface area contributed by atoms with Crippen molar-refractivity contribution in [1.82, 2.24) is 14.6 Å². The molecule has 0 fully saturated rings. The molecule has 2 heterocycles. The van der Waals surface area contributed by atoms with Crippen molar-refractivity contribution in [3.8, 4) is 22.9 Å². The lowest BCUT2D eigenvalue weighted by atomic mass is 10.2. The molecule has 0 bridgehead atoms.